The Balaban J connectivity index is 1.25. The molecule has 2 N–H and O–H groups in total. The second-order valence-corrected chi connectivity index (χ2v) is 11.7. The number of pyridine rings is 3. The van der Waals surface area contributed by atoms with Crippen LogP contribution in [0.2, 0.25) is 0 Å². The summed E-state index contributed by atoms with van der Waals surface area (Å²) in [7, 11) is -3.30. The Labute approximate surface area is 215 Å². The number of hydrogen-bond acceptors (Lipinski definition) is 9. The summed E-state index contributed by atoms with van der Waals surface area (Å²) in [5.74, 6) is 1.88. The molecule has 6 heterocycles. The van der Waals surface area contributed by atoms with Crippen LogP contribution in [0.3, 0.4) is 0 Å². The molecule has 192 valence electrons. The van der Waals surface area contributed by atoms with Crippen molar-refractivity contribution in [3.05, 3.63) is 60.7 Å². The molecule has 0 unspecified atom stereocenters. The number of nitrogens with one attached hydrogen (secondary N) is 2. The van der Waals surface area contributed by atoms with Crippen molar-refractivity contribution in [3.63, 3.8) is 0 Å². The van der Waals surface area contributed by atoms with Gasteiger partial charge in [-0.1, -0.05) is 0 Å². The maximum Gasteiger partial charge on any atom is 0.177 e. The van der Waals surface area contributed by atoms with Gasteiger partial charge in [-0.2, -0.15) is 5.10 Å². The van der Waals surface area contributed by atoms with E-state index in [1.165, 1.54) is 12.3 Å². The van der Waals surface area contributed by atoms with Crippen molar-refractivity contribution < 1.29 is 17.9 Å². The van der Waals surface area contributed by atoms with E-state index in [1.54, 1.807) is 10.6 Å². The predicted molar refractivity (Wildman–Crippen MR) is 139 cm³/mol. The zero-order valence-electron chi connectivity index (χ0n) is 20.6. The van der Waals surface area contributed by atoms with Gasteiger partial charge in [0.1, 0.15) is 17.7 Å². The topological polar surface area (TPSA) is 120 Å². The number of nitrogens with zero attached hydrogens (tertiary/aromatic N) is 4. The smallest absolute Gasteiger partial charge is 0.177 e. The Kier molecular flexibility index (Phi) is 6.06. The lowest BCUT2D eigenvalue weighted by Crippen LogP contribution is -2.56. The molecule has 2 fully saturated rings. The van der Waals surface area contributed by atoms with Gasteiger partial charge in [0.15, 0.2) is 15.7 Å². The Morgan fingerprint density at radius 1 is 1.05 bits per heavy atom. The molecule has 4 aromatic rings. The molecule has 6 rings (SSSR count). The lowest BCUT2D eigenvalue weighted by atomic mass is 9.94. The standard InChI is InChI=1S/C26H28N6O4S/c1-16-7-23(24(13-27-16)36-21-9-18-14-35-15-19(10-21)29-18)17-5-6-32-20(8-17)11-26(31-32)30-25-4-3-22(12-28-25)37(2,33)34/h3-8,11-13,18-19,21,29H,9-10,14-15H2,1-2H3,(H,28,30,31)/t18-,19+,21-. The van der Waals surface area contributed by atoms with Gasteiger partial charge < -0.3 is 20.1 Å². The molecular formula is C26H28N6O4S. The first-order chi connectivity index (χ1) is 17.8. The van der Waals surface area contributed by atoms with Crippen molar-refractivity contribution >= 4 is 27.0 Å². The van der Waals surface area contributed by atoms with E-state index in [0.29, 0.717) is 23.7 Å². The number of ether oxygens (including phenoxy) is 2. The molecule has 0 spiro atoms. The number of aromatic nitrogens is 4. The summed E-state index contributed by atoms with van der Waals surface area (Å²) in [6.45, 7) is 3.42. The predicted octanol–water partition coefficient (Wildman–Crippen LogP) is 3.15. The van der Waals surface area contributed by atoms with Crippen LogP contribution in [0.15, 0.2) is 59.9 Å². The number of morpholine rings is 1. The van der Waals surface area contributed by atoms with E-state index in [4.69, 9.17) is 9.47 Å². The van der Waals surface area contributed by atoms with E-state index in [2.05, 4.69) is 37.8 Å². The fourth-order valence-corrected chi connectivity index (χ4v) is 5.51. The largest absolute Gasteiger partial charge is 0.488 e. The highest BCUT2D eigenvalue weighted by Gasteiger charge is 2.33. The lowest BCUT2D eigenvalue weighted by molar-refractivity contribution is -0.0122. The average molecular weight is 521 g/mol. The number of aryl methyl sites for hydroxylation is 1. The van der Waals surface area contributed by atoms with Crippen molar-refractivity contribution in [2.45, 2.75) is 42.8 Å². The van der Waals surface area contributed by atoms with Crippen molar-refractivity contribution in [3.8, 4) is 16.9 Å². The Morgan fingerprint density at radius 2 is 1.86 bits per heavy atom. The zero-order chi connectivity index (χ0) is 25.6. The van der Waals surface area contributed by atoms with Gasteiger partial charge in [0.25, 0.3) is 0 Å². The molecule has 2 aliphatic heterocycles. The minimum absolute atomic E-state index is 0.111. The summed E-state index contributed by atoms with van der Waals surface area (Å²) in [5, 5.41) is 11.3. The molecule has 11 heteroatoms. The fraction of sp³-hybridized carbons (Fsp3) is 0.346. The third-order valence-electron chi connectivity index (χ3n) is 6.70. The maximum atomic E-state index is 11.7. The lowest BCUT2D eigenvalue weighted by Gasteiger charge is -2.40. The highest BCUT2D eigenvalue weighted by molar-refractivity contribution is 7.90. The van der Waals surface area contributed by atoms with E-state index in [-0.39, 0.29) is 11.0 Å². The molecular weight excluding hydrogens is 492 g/mol. The van der Waals surface area contributed by atoms with Gasteiger partial charge in [0, 0.05) is 60.9 Å². The van der Waals surface area contributed by atoms with E-state index in [0.717, 1.165) is 60.4 Å². The quantitative estimate of drug-likeness (QED) is 0.395. The summed E-state index contributed by atoms with van der Waals surface area (Å²) in [6.07, 6.45) is 8.13. The molecule has 4 aromatic heterocycles. The highest BCUT2D eigenvalue weighted by atomic mass is 32.2. The summed E-state index contributed by atoms with van der Waals surface area (Å²) in [5.41, 5.74) is 3.80. The van der Waals surface area contributed by atoms with Crippen LogP contribution in [-0.4, -0.2) is 65.7 Å². The Bertz CT molecular complexity index is 1540. The van der Waals surface area contributed by atoms with Gasteiger partial charge in [-0.05, 0) is 42.8 Å². The Hall–Kier alpha value is -3.54. The van der Waals surface area contributed by atoms with Crippen molar-refractivity contribution in [2.24, 2.45) is 0 Å². The van der Waals surface area contributed by atoms with E-state index >= 15 is 0 Å². The molecule has 3 atom stereocenters. The van der Waals surface area contributed by atoms with Crippen LogP contribution in [0.4, 0.5) is 11.6 Å². The number of anilines is 2. The molecule has 0 amide bonds. The highest BCUT2D eigenvalue weighted by Crippen LogP contribution is 2.34. The summed E-state index contributed by atoms with van der Waals surface area (Å²) >= 11 is 0. The zero-order valence-corrected chi connectivity index (χ0v) is 21.4. The SMILES string of the molecule is Cc1cc(-c2ccn3nc(Nc4ccc(S(C)(=O)=O)cn4)cc3c2)c(O[C@H]2C[C@H]3COC[C@@H](C2)N3)cn1. The van der Waals surface area contributed by atoms with Crippen LogP contribution in [0.5, 0.6) is 5.75 Å². The van der Waals surface area contributed by atoms with Gasteiger partial charge in [-0.25, -0.2) is 17.9 Å². The van der Waals surface area contributed by atoms with Crippen LogP contribution in [-0.2, 0) is 14.6 Å². The number of fused-ring (bicyclic) bond motifs is 3. The fourth-order valence-electron chi connectivity index (χ4n) is 4.96. The van der Waals surface area contributed by atoms with Gasteiger partial charge in [0.2, 0.25) is 0 Å². The van der Waals surface area contributed by atoms with E-state index in [1.807, 2.05) is 31.5 Å². The molecule has 10 nitrogen and oxygen atoms in total. The summed E-state index contributed by atoms with van der Waals surface area (Å²) in [6, 6.07) is 11.8. The molecule has 0 aromatic carbocycles. The second-order valence-electron chi connectivity index (χ2n) is 9.72. The first-order valence-corrected chi connectivity index (χ1v) is 14.1. The van der Waals surface area contributed by atoms with Crippen LogP contribution in [0.25, 0.3) is 16.6 Å². The third kappa shape index (κ3) is 5.15. The molecule has 0 saturated carbocycles. The summed E-state index contributed by atoms with van der Waals surface area (Å²) in [4.78, 5) is 8.87. The molecule has 0 aliphatic carbocycles. The molecule has 2 aliphatic rings. The van der Waals surface area contributed by atoms with Gasteiger partial charge in [-0.3, -0.25) is 4.98 Å². The minimum Gasteiger partial charge on any atom is -0.488 e. The third-order valence-corrected chi connectivity index (χ3v) is 7.79. The average Bonchev–Trinajstić information content (AvgIpc) is 3.26. The number of rotatable bonds is 6. The number of sulfone groups is 1. The maximum absolute atomic E-state index is 11.7. The Morgan fingerprint density at radius 3 is 2.59 bits per heavy atom. The van der Waals surface area contributed by atoms with Crippen molar-refractivity contribution in [2.75, 3.05) is 24.8 Å². The number of hydrogen-bond donors (Lipinski definition) is 2. The summed E-state index contributed by atoms with van der Waals surface area (Å²) < 4.78 is 37.3. The molecule has 2 saturated heterocycles. The molecule has 2 bridgehead atoms. The van der Waals surface area contributed by atoms with Crippen LogP contribution < -0.4 is 15.4 Å². The van der Waals surface area contributed by atoms with Gasteiger partial charge in [-0.15, -0.1) is 0 Å². The van der Waals surface area contributed by atoms with Crippen molar-refractivity contribution in [1.29, 1.82) is 0 Å². The minimum atomic E-state index is -3.30. The van der Waals surface area contributed by atoms with E-state index < -0.39 is 9.84 Å². The molecule has 37 heavy (non-hydrogen) atoms. The second kappa shape index (κ2) is 9.40. The van der Waals surface area contributed by atoms with Crippen LogP contribution in [0, 0.1) is 6.92 Å². The van der Waals surface area contributed by atoms with Gasteiger partial charge in [0.05, 0.1) is 29.8 Å². The normalized spacial score (nSPS) is 21.6. The molecule has 0 radical (unpaired) electrons. The van der Waals surface area contributed by atoms with Crippen LogP contribution in [0.1, 0.15) is 18.5 Å². The van der Waals surface area contributed by atoms with Crippen LogP contribution >= 0.6 is 0 Å². The van der Waals surface area contributed by atoms with Crippen molar-refractivity contribution in [1.82, 2.24) is 24.9 Å². The first-order valence-electron chi connectivity index (χ1n) is 12.2. The van der Waals surface area contributed by atoms with Gasteiger partial charge >= 0.3 is 0 Å². The monoisotopic (exact) mass is 520 g/mol. The first kappa shape index (κ1) is 23.8. The van der Waals surface area contributed by atoms with E-state index in [9.17, 15) is 8.42 Å². The number of piperidine rings is 1.